The maximum absolute atomic E-state index is 11.6. The van der Waals surface area contributed by atoms with E-state index in [-0.39, 0.29) is 29.5 Å². The van der Waals surface area contributed by atoms with E-state index in [9.17, 15) is 13.2 Å². The Hall–Kier alpha value is -1.30. The van der Waals surface area contributed by atoms with Gasteiger partial charge in [-0.15, -0.1) is 0 Å². The summed E-state index contributed by atoms with van der Waals surface area (Å²) < 4.78 is 22.4. The fraction of sp³-hybridized carbons (Fsp3) is 0.545. The molecule has 0 aliphatic rings. The molecule has 0 N–H and O–H groups in total. The van der Waals surface area contributed by atoms with Crippen molar-refractivity contribution in [3.8, 4) is 0 Å². The first kappa shape index (κ1) is 13.8. The number of aryl methyl sites for hydroxylation is 1. The lowest BCUT2D eigenvalue weighted by Gasteiger charge is -2.01. The Bertz CT molecular complexity index is 480. The maximum Gasteiger partial charge on any atom is 0.200 e. The SMILES string of the molecule is CCS(=O)(=O)CCCC(=O)c1ncc(C)cn1. The molecule has 0 saturated heterocycles. The van der Waals surface area contributed by atoms with Crippen molar-refractivity contribution in [3.05, 3.63) is 23.8 Å². The topological polar surface area (TPSA) is 77.0 Å². The molecule has 0 aliphatic heterocycles. The first-order valence-electron chi connectivity index (χ1n) is 5.47. The zero-order valence-corrected chi connectivity index (χ0v) is 10.8. The van der Waals surface area contributed by atoms with Crippen molar-refractivity contribution in [2.24, 2.45) is 0 Å². The fourth-order valence-electron chi connectivity index (χ4n) is 1.25. The second-order valence-corrected chi connectivity index (χ2v) is 6.32. The lowest BCUT2D eigenvalue weighted by molar-refractivity contribution is 0.0972. The molecule has 6 heteroatoms. The standard InChI is InChI=1S/C11H16N2O3S/c1-3-17(15,16)6-4-5-10(14)11-12-7-9(2)8-13-11/h7-8H,3-6H2,1-2H3. The maximum atomic E-state index is 11.6. The number of aromatic nitrogens is 2. The van der Waals surface area contributed by atoms with Crippen LogP contribution in [0.25, 0.3) is 0 Å². The summed E-state index contributed by atoms with van der Waals surface area (Å²) in [6, 6.07) is 0. The van der Waals surface area contributed by atoms with Gasteiger partial charge in [-0.1, -0.05) is 6.92 Å². The van der Waals surface area contributed by atoms with Crippen LogP contribution in [0.15, 0.2) is 12.4 Å². The van der Waals surface area contributed by atoms with E-state index < -0.39 is 9.84 Å². The van der Waals surface area contributed by atoms with Crippen LogP contribution in [0.4, 0.5) is 0 Å². The van der Waals surface area contributed by atoms with Gasteiger partial charge in [0.2, 0.25) is 0 Å². The highest BCUT2D eigenvalue weighted by molar-refractivity contribution is 7.91. The van der Waals surface area contributed by atoms with Crippen molar-refractivity contribution in [3.63, 3.8) is 0 Å². The van der Waals surface area contributed by atoms with E-state index in [0.717, 1.165) is 5.56 Å². The number of hydrogen-bond donors (Lipinski definition) is 0. The number of carbonyl (C=O) groups excluding carboxylic acids is 1. The number of sulfone groups is 1. The first-order chi connectivity index (χ1) is 7.94. The Kier molecular flexibility index (Phi) is 4.74. The summed E-state index contributed by atoms with van der Waals surface area (Å²) in [4.78, 5) is 19.4. The monoisotopic (exact) mass is 256 g/mol. The van der Waals surface area contributed by atoms with Crippen molar-refractivity contribution in [1.29, 1.82) is 0 Å². The minimum atomic E-state index is -3.00. The van der Waals surface area contributed by atoms with Gasteiger partial charge in [0.25, 0.3) is 0 Å². The molecule has 94 valence electrons. The summed E-state index contributed by atoms with van der Waals surface area (Å²) in [6.07, 6.45) is 3.64. The van der Waals surface area contributed by atoms with Crippen LogP contribution in [0, 0.1) is 6.92 Å². The van der Waals surface area contributed by atoms with Crippen molar-refractivity contribution in [2.75, 3.05) is 11.5 Å². The van der Waals surface area contributed by atoms with Crippen LogP contribution < -0.4 is 0 Å². The second kappa shape index (κ2) is 5.86. The molecule has 1 aromatic rings. The van der Waals surface area contributed by atoms with Gasteiger partial charge in [-0.2, -0.15) is 0 Å². The van der Waals surface area contributed by atoms with E-state index in [2.05, 4.69) is 9.97 Å². The molecule has 1 rings (SSSR count). The van der Waals surface area contributed by atoms with Gasteiger partial charge in [0.05, 0.1) is 5.75 Å². The van der Waals surface area contributed by atoms with Crippen LogP contribution in [-0.4, -0.2) is 35.7 Å². The van der Waals surface area contributed by atoms with Crippen LogP contribution >= 0.6 is 0 Å². The molecule has 1 heterocycles. The van der Waals surface area contributed by atoms with E-state index in [1.54, 1.807) is 19.3 Å². The summed E-state index contributed by atoms with van der Waals surface area (Å²) in [5.74, 6) is 0.101. The van der Waals surface area contributed by atoms with Crippen molar-refractivity contribution < 1.29 is 13.2 Å². The molecule has 0 spiro atoms. The second-order valence-electron chi connectivity index (χ2n) is 3.85. The molecule has 0 fully saturated rings. The Morgan fingerprint density at radius 2 is 1.88 bits per heavy atom. The van der Waals surface area contributed by atoms with Crippen molar-refractivity contribution in [1.82, 2.24) is 9.97 Å². The minimum Gasteiger partial charge on any atom is -0.291 e. The Balaban J connectivity index is 2.48. The zero-order chi connectivity index (χ0) is 12.9. The fourth-order valence-corrected chi connectivity index (χ4v) is 2.12. The van der Waals surface area contributed by atoms with E-state index in [1.807, 2.05) is 6.92 Å². The smallest absolute Gasteiger partial charge is 0.200 e. The molecular formula is C11H16N2O3S. The normalized spacial score (nSPS) is 11.4. The lowest BCUT2D eigenvalue weighted by atomic mass is 10.2. The highest BCUT2D eigenvalue weighted by Crippen LogP contribution is 2.03. The Morgan fingerprint density at radius 1 is 1.29 bits per heavy atom. The summed E-state index contributed by atoms with van der Waals surface area (Å²) in [6.45, 7) is 3.43. The predicted octanol–water partition coefficient (Wildman–Crippen LogP) is 1.18. The van der Waals surface area contributed by atoms with Gasteiger partial charge in [0.15, 0.2) is 11.6 Å². The molecule has 0 atom stereocenters. The van der Waals surface area contributed by atoms with Gasteiger partial charge in [0.1, 0.15) is 9.84 Å². The molecule has 0 bridgehead atoms. The van der Waals surface area contributed by atoms with E-state index in [1.165, 1.54) is 0 Å². The van der Waals surface area contributed by atoms with E-state index >= 15 is 0 Å². The third kappa shape index (κ3) is 4.60. The molecule has 5 nitrogen and oxygen atoms in total. The van der Waals surface area contributed by atoms with Crippen molar-refractivity contribution >= 4 is 15.6 Å². The van der Waals surface area contributed by atoms with E-state index in [0.29, 0.717) is 6.42 Å². The number of nitrogens with zero attached hydrogens (tertiary/aromatic N) is 2. The molecular weight excluding hydrogens is 240 g/mol. The summed E-state index contributed by atoms with van der Waals surface area (Å²) >= 11 is 0. The quantitative estimate of drug-likeness (QED) is 0.714. The number of hydrogen-bond acceptors (Lipinski definition) is 5. The van der Waals surface area contributed by atoms with Gasteiger partial charge >= 0.3 is 0 Å². The van der Waals surface area contributed by atoms with Crippen LogP contribution in [0.1, 0.15) is 35.9 Å². The average Bonchev–Trinajstić information content (AvgIpc) is 2.29. The zero-order valence-electron chi connectivity index (χ0n) is 10.0. The highest BCUT2D eigenvalue weighted by Gasteiger charge is 2.12. The molecule has 0 saturated carbocycles. The molecule has 17 heavy (non-hydrogen) atoms. The van der Waals surface area contributed by atoms with Gasteiger partial charge in [-0.05, 0) is 18.9 Å². The number of carbonyl (C=O) groups is 1. The van der Waals surface area contributed by atoms with Gasteiger partial charge in [-0.25, -0.2) is 18.4 Å². The summed E-state index contributed by atoms with van der Waals surface area (Å²) in [7, 11) is -3.00. The molecule has 1 aromatic heterocycles. The number of ketones is 1. The van der Waals surface area contributed by atoms with Crippen LogP contribution in [0.2, 0.25) is 0 Å². The molecule has 0 aromatic carbocycles. The van der Waals surface area contributed by atoms with Crippen LogP contribution in [-0.2, 0) is 9.84 Å². The molecule has 0 radical (unpaired) electrons. The largest absolute Gasteiger partial charge is 0.291 e. The first-order valence-corrected chi connectivity index (χ1v) is 7.29. The van der Waals surface area contributed by atoms with Gasteiger partial charge in [-0.3, -0.25) is 4.79 Å². The third-order valence-electron chi connectivity index (χ3n) is 2.33. The van der Waals surface area contributed by atoms with Gasteiger partial charge < -0.3 is 0 Å². The molecule has 0 amide bonds. The van der Waals surface area contributed by atoms with Crippen LogP contribution in [0.5, 0.6) is 0 Å². The van der Waals surface area contributed by atoms with Crippen molar-refractivity contribution in [2.45, 2.75) is 26.7 Å². The third-order valence-corrected chi connectivity index (χ3v) is 4.12. The Labute approximate surface area is 101 Å². The summed E-state index contributed by atoms with van der Waals surface area (Å²) in [5, 5.41) is 0. The number of rotatable bonds is 6. The highest BCUT2D eigenvalue weighted by atomic mass is 32.2. The van der Waals surface area contributed by atoms with Crippen LogP contribution in [0.3, 0.4) is 0 Å². The number of Topliss-reactive ketones (excluding diaryl/α,β-unsaturated/α-hetero) is 1. The van der Waals surface area contributed by atoms with Gasteiger partial charge in [0, 0.05) is 24.6 Å². The minimum absolute atomic E-state index is 0.0428. The predicted molar refractivity (Wildman–Crippen MR) is 64.7 cm³/mol. The molecule has 0 aliphatic carbocycles. The van der Waals surface area contributed by atoms with E-state index in [4.69, 9.17) is 0 Å². The Morgan fingerprint density at radius 3 is 2.41 bits per heavy atom. The lowest BCUT2D eigenvalue weighted by Crippen LogP contribution is -2.11. The molecule has 0 unspecified atom stereocenters. The summed E-state index contributed by atoms with van der Waals surface area (Å²) in [5.41, 5.74) is 0.884. The average molecular weight is 256 g/mol.